The van der Waals surface area contributed by atoms with Crippen molar-refractivity contribution < 1.29 is 17.9 Å². The van der Waals surface area contributed by atoms with E-state index in [9.17, 15) is 8.42 Å². The number of benzene rings is 2. The Morgan fingerprint density at radius 3 is 2.44 bits per heavy atom. The Morgan fingerprint density at radius 2 is 1.72 bits per heavy atom. The van der Waals surface area contributed by atoms with Crippen LogP contribution in [0.15, 0.2) is 53.7 Å². The molecule has 204 valence electrons. The molecule has 4 N–H and O–H groups in total. The lowest BCUT2D eigenvalue weighted by molar-refractivity contribution is 0.399. The van der Waals surface area contributed by atoms with Crippen LogP contribution in [-0.2, 0) is 10.0 Å². The van der Waals surface area contributed by atoms with Gasteiger partial charge in [-0.2, -0.15) is 4.98 Å². The SMILES string of the molecule is COc1nc(NS(=O)(=O)c2ccccc2Cl)ncc1-c1cc(OC)c2nc(NC3CCC(N)CC3)ncc2c1. The normalized spacial score (nSPS) is 17.5. The zero-order chi connectivity index (χ0) is 27.6. The maximum absolute atomic E-state index is 12.8. The number of methoxy groups -OCH3 is 2. The molecular weight excluding hydrogens is 542 g/mol. The summed E-state index contributed by atoms with van der Waals surface area (Å²) in [6, 6.07) is 10.3. The number of sulfonamides is 1. The van der Waals surface area contributed by atoms with Gasteiger partial charge in [-0.1, -0.05) is 23.7 Å². The van der Waals surface area contributed by atoms with Gasteiger partial charge in [0.2, 0.25) is 17.8 Å². The lowest BCUT2D eigenvalue weighted by Crippen LogP contribution is -2.33. The first-order valence-electron chi connectivity index (χ1n) is 12.3. The second-order valence-electron chi connectivity index (χ2n) is 9.22. The third kappa shape index (κ3) is 5.82. The molecule has 0 radical (unpaired) electrons. The van der Waals surface area contributed by atoms with Crippen LogP contribution >= 0.6 is 11.6 Å². The molecule has 1 aliphatic rings. The van der Waals surface area contributed by atoms with Crippen LogP contribution in [-0.4, -0.2) is 54.7 Å². The minimum absolute atomic E-state index is 0.0837. The molecule has 2 heterocycles. The van der Waals surface area contributed by atoms with Gasteiger partial charge in [0.05, 0.1) is 24.8 Å². The van der Waals surface area contributed by atoms with E-state index in [1.54, 1.807) is 31.5 Å². The molecule has 0 amide bonds. The molecule has 11 nitrogen and oxygen atoms in total. The van der Waals surface area contributed by atoms with E-state index in [2.05, 4.69) is 25.0 Å². The van der Waals surface area contributed by atoms with Gasteiger partial charge < -0.3 is 20.5 Å². The number of hydrogen-bond donors (Lipinski definition) is 3. The van der Waals surface area contributed by atoms with Crippen molar-refractivity contribution in [3.63, 3.8) is 0 Å². The van der Waals surface area contributed by atoms with Crippen LogP contribution in [0.4, 0.5) is 11.9 Å². The van der Waals surface area contributed by atoms with E-state index in [0.29, 0.717) is 28.3 Å². The number of aromatic nitrogens is 4. The van der Waals surface area contributed by atoms with Crippen LogP contribution in [0.25, 0.3) is 22.0 Å². The summed E-state index contributed by atoms with van der Waals surface area (Å²) in [6.07, 6.45) is 7.10. The number of nitrogens with two attached hydrogens (primary N) is 1. The van der Waals surface area contributed by atoms with Crippen molar-refractivity contribution in [2.45, 2.75) is 42.7 Å². The second kappa shape index (κ2) is 11.2. The molecule has 13 heteroatoms. The maximum atomic E-state index is 12.8. The Balaban J connectivity index is 1.44. The van der Waals surface area contributed by atoms with Gasteiger partial charge in [-0.05, 0) is 55.5 Å². The van der Waals surface area contributed by atoms with E-state index in [4.69, 9.17) is 31.8 Å². The predicted molar refractivity (Wildman–Crippen MR) is 150 cm³/mol. The van der Waals surface area contributed by atoms with E-state index in [1.165, 1.54) is 25.4 Å². The van der Waals surface area contributed by atoms with Crippen LogP contribution < -0.4 is 25.2 Å². The van der Waals surface area contributed by atoms with E-state index < -0.39 is 10.0 Å². The van der Waals surface area contributed by atoms with Crippen molar-refractivity contribution >= 4 is 44.4 Å². The van der Waals surface area contributed by atoms with Crippen molar-refractivity contribution in [1.29, 1.82) is 0 Å². The van der Waals surface area contributed by atoms with Gasteiger partial charge >= 0.3 is 0 Å². The largest absolute Gasteiger partial charge is 0.494 e. The van der Waals surface area contributed by atoms with Gasteiger partial charge in [-0.3, -0.25) is 0 Å². The highest BCUT2D eigenvalue weighted by atomic mass is 35.5. The maximum Gasteiger partial charge on any atom is 0.265 e. The number of halogens is 1. The zero-order valence-electron chi connectivity index (χ0n) is 21.4. The average Bonchev–Trinajstić information content (AvgIpc) is 2.93. The minimum atomic E-state index is -4.01. The topological polar surface area (TPSA) is 154 Å². The first-order valence-corrected chi connectivity index (χ1v) is 14.2. The van der Waals surface area contributed by atoms with Gasteiger partial charge in [-0.25, -0.2) is 28.1 Å². The average molecular weight is 570 g/mol. The van der Waals surface area contributed by atoms with Crippen LogP contribution in [0.5, 0.6) is 11.6 Å². The van der Waals surface area contributed by atoms with Crippen molar-refractivity contribution in [1.82, 2.24) is 19.9 Å². The summed E-state index contributed by atoms with van der Waals surface area (Å²) in [6.45, 7) is 0. The lowest BCUT2D eigenvalue weighted by Gasteiger charge is -2.26. The molecule has 39 heavy (non-hydrogen) atoms. The lowest BCUT2D eigenvalue weighted by atomic mass is 9.92. The molecule has 1 fully saturated rings. The molecule has 2 aromatic heterocycles. The van der Waals surface area contributed by atoms with Gasteiger partial charge in [-0.15, -0.1) is 0 Å². The standard InChI is InChI=1S/C26H28ClN7O4S/c1-37-21-12-15(11-16-13-29-25(32-23(16)21)31-18-9-7-17(28)8-10-18)19-14-30-26(33-24(19)38-2)34-39(35,36)22-6-4-3-5-20(22)27/h3-6,11-14,17-18H,7-10,28H2,1-2H3,(H,29,31,32)(H,30,33,34). The molecule has 0 atom stereocenters. The number of rotatable bonds is 8. The monoisotopic (exact) mass is 569 g/mol. The number of anilines is 2. The van der Waals surface area contributed by atoms with E-state index in [-0.39, 0.29) is 33.8 Å². The van der Waals surface area contributed by atoms with Gasteiger partial charge in [0.1, 0.15) is 16.2 Å². The molecule has 0 unspecified atom stereocenters. The van der Waals surface area contributed by atoms with Crippen LogP contribution in [0.1, 0.15) is 25.7 Å². The molecule has 2 aromatic carbocycles. The smallest absolute Gasteiger partial charge is 0.265 e. The van der Waals surface area contributed by atoms with Crippen molar-refractivity contribution in [2.75, 3.05) is 24.3 Å². The molecule has 0 spiro atoms. The van der Waals surface area contributed by atoms with Crippen molar-refractivity contribution in [2.24, 2.45) is 5.73 Å². The van der Waals surface area contributed by atoms with E-state index in [1.807, 2.05) is 6.07 Å². The molecule has 0 bridgehead atoms. The summed E-state index contributed by atoms with van der Waals surface area (Å²) < 4.78 is 39.1. The quantitative estimate of drug-likeness (QED) is 0.280. The van der Waals surface area contributed by atoms with Gasteiger partial charge in [0.15, 0.2) is 0 Å². The summed E-state index contributed by atoms with van der Waals surface area (Å²) in [5.41, 5.74) is 7.88. The summed E-state index contributed by atoms with van der Waals surface area (Å²) in [4.78, 5) is 17.6. The number of nitrogens with zero attached hydrogens (tertiary/aromatic N) is 4. The summed E-state index contributed by atoms with van der Waals surface area (Å²) in [5.74, 6) is 1.07. The highest BCUT2D eigenvalue weighted by molar-refractivity contribution is 7.92. The Labute approximate surface area is 231 Å². The first kappa shape index (κ1) is 26.9. The Bertz CT molecular complexity index is 1610. The minimum Gasteiger partial charge on any atom is -0.494 e. The number of hydrogen-bond acceptors (Lipinski definition) is 10. The molecule has 1 aliphatic carbocycles. The summed E-state index contributed by atoms with van der Waals surface area (Å²) in [7, 11) is -1.01. The van der Waals surface area contributed by atoms with Crippen LogP contribution in [0.2, 0.25) is 5.02 Å². The van der Waals surface area contributed by atoms with Crippen molar-refractivity contribution in [3.05, 3.63) is 53.8 Å². The third-order valence-electron chi connectivity index (χ3n) is 6.58. The van der Waals surface area contributed by atoms with Crippen LogP contribution in [0, 0.1) is 0 Å². The first-order chi connectivity index (χ1) is 18.8. The predicted octanol–water partition coefficient (Wildman–Crippen LogP) is 4.24. The summed E-state index contributed by atoms with van der Waals surface area (Å²) >= 11 is 6.06. The fourth-order valence-corrected chi connectivity index (χ4v) is 6.02. The van der Waals surface area contributed by atoms with Gasteiger partial charge in [0, 0.05) is 29.9 Å². The molecule has 5 rings (SSSR count). The number of ether oxygens (including phenoxy) is 2. The number of nitrogens with one attached hydrogen (secondary N) is 2. The molecule has 4 aromatic rings. The fraction of sp³-hybridized carbons (Fsp3) is 0.308. The zero-order valence-corrected chi connectivity index (χ0v) is 23.0. The highest BCUT2D eigenvalue weighted by Gasteiger charge is 2.22. The van der Waals surface area contributed by atoms with Crippen molar-refractivity contribution in [3.8, 4) is 22.8 Å². The second-order valence-corrected chi connectivity index (χ2v) is 11.3. The van der Waals surface area contributed by atoms with E-state index >= 15 is 0 Å². The van der Waals surface area contributed by atoms with E-state index in [0.717, 1.165) is 31.1 Å². The highest BCUT2D eigenvalue weighted by Crippen LogP contribution is 2.36. The fourth-order valence-electron chi connectivity index (χ4n) is 4.55. The Hall–Kier alpha value is -3.74. The van der Waals surface area contributed by atoms with Crippen LogP contribution in [0.3, 0.4) is 0 Å². The Morgan fingerprint density at radius 1 is 0.974 bits per heavy atom. The Kier molecular flexibility index (Phi) is 7.69. The molecular formula is C26H28ClN7O4S. The summed E-state index contributed by atoms with van der Waals surface area (Å²) in [5, 5.41) is 4.24. The molecule has 0 saturated heterocycles. The third-order valence-corrected chi connectivity index (χ3v) is 8.41. The molecule has 1 saturated carbocycles. The van der Waals surface area contributed by atoms with Gasteiger partial charge in [0.25, 0.3) is 10.0 Å². The number of fused-ring (bicyclic) bond motifs is 1. The molecule has 0 aliphatic heterocycles.